The first-order chi connectivity index (χ1) is 7.16. The molecule has 1 aromatic heterocycles. The first-order valence-corrected chi connectivity index (χ1v) is 4.14. The van der Waals surface area contributed by atoms with Gasteiger partial charge in [-0.2, -0.15) is 0 Å². The minimum absolute atomic E-state index is 0.0903. The Bertz CT molecular complexity index is 470. The quantitative estimate of drug-likeness (QED) is 0.827. The average molecular weight is 211 g/mol. The van der Waals surface area contributed by atoms with Crippen LogP contribution in [0.1, 0.15) is 12.0 Å². The van der Waals surface area contributed by atoms with Crippen molar-refractivity contribution in [2.45, 2.75) is 6.43 Å². The van der Waals surface area contributed by atoms with E-state index >= 15 is 0 Å². The van der Waals surface area contributed by atoms with Crippen molar-refractivity contribution in [3.8, 4) is 11.5 Å². The summed E-state index contributed by atoms with van der Waals surface area (Å²) in [7, 11) is 0. The molecule has 0 aliphatic rings. The molecule has 1 heterocycles. The lowest BCUT2D eigenvalue weighted by atomic mass is 10.1. The summed E-state index contributed by atoms with van der Waals surface area (Å²) < 4.78 is 29.7. The second kappa shape index (κ2) is 3.64. The van der Waals surface area contributed by atoms with Crippen LogP contribution in [0.3, 0.4) is 0 Å². The van der Waals surface area contributed by atoms with E-state index in [0.29, 0.717) is 5.56 Å². The Kier molecular flexibility index (Phi) is 2.32. The lowest BCUT2D eigenvalue weighted by Crippen LogP contribution is -1.85. The Morgan fingerprint density at radius 1 is 1.27 bits per heavy atom. The van der Waals surface area contributed by atoms with E-state index in [0.717, 1.165) is 0 Å². The van der Waals surface area contributed by atoms with Crippen molar-refractivity contribution in [3.63, 3.8) is 0 Å². The van der Waals surface area contributed by atoms with Gasteiger partial charge in [0.1, 0.15) is 0 Å². The van der Waals surface area contributed by atoms with Crippen molar-refractivity contribution in [2.24, 2.45) is 0 Å². The molecule has 0 saturated heterocycles. The van der Waals surface area contributed by atoms with Crippen LogP contribution in [-0.4, -0.2) is 10.2 Å². The van der Waals surface area contributed by atoms with Crippen LogP contribution in [0.5, 0.6) is 0 Å². The summed E-state index contributed by atoms with van der Waals surface area (Å²) in [6.07, 6.45) is -2.52. The highest BCUT2D eigenvalue weighted by molar-refractivity contribution is 5.54. The van der Waals surface area contributed by atoms with Crippen LogP contribution in [0.2, 0.25) is 0 Å². The largest absolute Gasteiger partial charge is 0.404 e. The number of nitrogens with zero attached hydrogens (tertiary/aromatic N) is 2. The van der Waals surface area contributed by atoms with Gasteiger partial charge < -0.3 is 10.2 Å². The summed E-state index contributed by atoms with van der Waals surface area (Å²) >= 11 is 0. The molecular weight excluding hydrogens is 204 g/mol. The number of halogens is 2. The van der Waals surface area contributed by atoms with Crippen LogP contribution in [0, 0.1) is 0 Å². The number of rotatable bonds is 2. The molecule has 0 amide bonds. The Morgan fingerprint density at radius 3 is 2.67 bits per heavy atom. The third-order valence-corrected chi connectivity index (χ3v) is 1.83. The van der Waals surface area contributed by atoms with E-state index in [1.807, 2.05) is 0 Å². The van der Waals surface area contributed by atoms with Gasteiger partial charge in [-0.15, -0.1) is 5.10 Å². The average Bonchev–Trinajstić information content (AvgIpc) is 2.65. The molecule has 0 spiro atoms. The summed E-state index contributed by atoms with van der Waals surface area (Å²) in [5.41, 5.74) is 5.56. The molecule has 0 atom stereocenters. The summed E-state index contributed by atoms with van der Waals surface area (Å²) in [6, 6.07) is 5.62. The molecule has 0 radical (unpaired) electrons. The van der Waals surface area contributed by atoms with Gasteiger partial charge in [-0.25, -0.2) is 8.78 Å². The van der Waals surface area contributed by atoms with Gasteiger partial charge in [0.2, 0.25) is 5.89 Å². The van der Waals surface area contributed by atoms with Gasteiger partial charge in [-0.05, 0) is 12.1 Å². The van der Waals surface area contributed by atoms with Gasteiger partial charge in [0.15, 0.2) is 0 Å². The van der Waals surface area contributed by atoms with Crippen molar-refractivity contribution in [3.05, 3.63) is 29.8 Å². The molecule has 78 valence electrons. The van der Waals surface area contributed by atoms with Crippen LogP contribution in [-0.2, 0) is 0 Å². The van der Waals surface area contributed by atoms with Gasteiger partial charge in [-0.1, -0.05) is 17.2 Å². The second-order valence-corrected chi connectivity index (χ2v) is 2.87. The zero-order valence-electron chi connectivity index (χ0n) is 7.52. The highest BCUT2D eigenvalue weighted by Gasteiger charge is 2.11. The molecule has 2 aromatic rings. The molecular formula is C9H7F2N3O. The normalized spacial score (nSPS) is 10.9. The molecule has 0 fully saturated rings. The van der Waals surface area contributed by atoms with Crippen LogP contribution in [0.4, 0.5) is 14.8 Å². The van der Waals surface area contributed by atoms with Crippen molar-refractivity contribution in [1.82, 2.24) is 10.2 Å². The summed E-state index contributed by atoms with van der Waals surface area (Å²) in [4.78, 5) is 0. The van der Waals surface area contributed by atoms with Crippen LogP contribution < -0.4 is 5.73 Å². The molecule has 0 aliphatic heterocycles. The van der Waals surface area contributed by atoms with Gasteiger partial charge in [-0.3, -0.25) is 0 Å². The number of aromatic nitrogens is 2. The first-order valence-electron chi connectivity index (χ1n) is 4.14. The topological polar surface area (TPSA) is 64.9 Å². The first kappa shape index (κ1) is 9.57. The maximum Gasteiger partial charge on any atom is 0.313 e. The SMILES string of the molecule is Nc1nnc(-c2cccc(C(F)F)c2)o1. The zero-order chi connectivity index (χ0) is 10.8. The molecule has 0 unspecified atom stereocenters. The molecule has 6 heteroatoms. The fourth-order valence-corrected chi connectivity index (χ4v) is 1.16. The summed E-state index contributed by atoms with van der Waals surface area (Å²) in [5, 5.41) is 7.04. The van der Waals surface area contributed by atoms with E-state index in [9.17, 15) is 8.78 Å². The molecule has 1 aromatic carbocycles. The molecule has 2 N–H and O–H groups in total. The highest BCUT2D eigenvalue weighted by atomic mass is 19.3. The highest BCUT2D eigenvalue weighted by Crippen LogP contribution is 2.24. The monoisotopic (exact) mass is 211 g/mol. The smallest absolute Gasteiger partial charge is 0.313 e. The molecule has 0 aliphatic carbocycles. The fourth-order valence-electron chi connectivity index (χ4n) is 1.16. The van der Waals surface area contributed by atoms with Gasteiger partial charge in [0.25, 0.3) is 6.43 Å². The van der Waals surface area contributed by atoms with E-state index in [1.54, 1.807) is 6.07 Å². The molecule has 0 saturated carbocycles. The molecule has 4 nitrogen and oxygen atoms in total. The van der Waals surface area contributed by atoms with Crippen molar-refractivity contribution in [1.29, 1.82) is 0 Å². The van der Waals surface area contributed by atoms with Crippen LogP contribution >= 0.6 is 0 Å². The molecule has 0 bridgehead atoms. The summed E-state index contributed by atoms with van der Waals surface area (Å²) in [5.74, 6) is 0.134. The number of nitrogens with two attached hydrogens (primary N) is 1. The van der Waals surface area contributed by atoms with Crippen LogP contribution in [0.25, 0.3) is 11.5 Å². The van der Waals surface area contributed by atoms with Gasteiger partial charge in [0, 0.05) is 11.1 Å². The number of hydrogen-bond donors (Lipinski definition) is 1. The zero-order valence-corrected chi connectivity index (χ0v) is 7.52. The minimum atomic E-state index is -2.52. The maximum absolute atomic E-state index is 12.4. The Balaban J connectivity index is 2.41. The Hall–Kier alpha value is -1.98. The lowest BCUT2D eigenvalue weighted by molar-refractivity contribution is 0.151. The van der Waals surface area contributed by atoms with E-state index in [1.165, 1.54) is 18.2 Å². The Labute approximate surface area is 83.7 Å². The second-order valence-electron chi connectivity index (χ2n) is 2.87. The number of nitrogen functional groups attached to an aromatic ring is 1. The van der Waals surface area contributed by atoms with Crippen molar-refractivity contribution < 1.29 is 13.2 Å². The third kappa shape index (κ3) is 1.93. The predicted molar refractivity (Wildman–Crippen MR) is 49.1 cm³/mol. The van der Waals surface area contributed by atoms with Crippen LogP contribution in [0.15, 0.2) is 28.7 Å². The number of alkyl halides is 2. The maximum atomic E-state index is 12.4. The lowest BCUT2D eigenvalue weighted by Gasteiger charge is -2.00. The van der Waals surface area contributed by atoms with Crippen molar-refractivity contribution in [2.75, 3.05) is 5.73 Å². The minimum Gasteiger partial charge on any atom is -0.404 e. The Morgan fingerprint density at radius 2 is 2.07 bits per heavy atom. The third-order valence-electron chi connectivity index (χ3n) is 1.83. The van der Waals surface area contributed by atoms with Gasteiger partial charge >= 0.3 is 6.01 Å². The molecule has 2 rings (SSSR count). The van der Waals surface area contributed by atoms with E-state index in [4.69, 9.17) is 10.2 Å². The van der Waals surface area contributed by atoms with E-state index < -0.39 is 6.43 Å². The number of hydrogen-bond acceptors (Lipinski definition) is 4. The number of benzene rings is 1. The van der Waals surface area contributed by atoms with Gasteiger partial charge in [0.05, 0.1) is 0 Å². The standard InChI is InChI=1S/C9H7F2N3O/c10-7(11)5-2-1-3-6(4-5)8-13-14-9(12)15-8/h1-4,7H,(H2,12,14). The van der Waals surface area contributed by atoms with E-state index in [2.05, 4.69) is 10.2 Å². The predicted octanol–water partition coefficient (Wildman–Crippen LogP) is 2.26. The molecule has 15 heavy (non-hydrogen) atoms. The van der Waals surface area contributed by atoms with E-state index in [-0.39, 0.29) is 17.5 Å². The van der Waals surface area contributed by atoms with Crippen molar-refractivity contribution >= 4 is 6.01 Å². The fraction of sp³-hybridized carbons (Fsp3) is 0.111. The summed E-state index contributed by atoms with van der Waals surface area (Å²) in [6.45, 7) is 0. The number of anilines is 1.